The second-order valence-corrected chi connectivity index (χ2v) is 7.18. The van der Waals surface area contributed by atoms with Gasteiger partial charge in [-0.1, -0.05) is 74.9 Å². The van der Waals surface area contributed by atoms with Crippen molar-refractivity contribution >= 4 is 26.8 Å². The quantitative estimate of drug-likeness (QED) is 0.584. The topological polar surface area (TPSA) is 9.23 Å². The molecule has 0 saturated carbocycles. The molecule has 1 unspecified atom stereocenters. The zero-order valence-electron chi connectivity index (χ0n) is 12.5. The highest BCUT2D eigenvalue weighted by molar-refractivity contribution is 7.69. The second kappa shape index (κ2) is 7.62. The molecule has 2 atom stereocenters. The van der Waals surface area contributed by atoms with Gasteiger partial charge < -0.3 is 4.44 Å². The van der Waals surface area contributed by atoms with Crippen molar-refractivity contribution in [2.45, 2.75) is 26.7 Å². The lowest BCUT2D eigenvalue weighted by molar-refractivity contribution is 0.560. The lowest BCUT2D eigenvalue weighted by Gasteiger charge is -2.17. The number of hydrogen-bond acceptors (Lipinski definition) is 1. The molecular formula is C17H22BOP. The summed E-state index contributed by atoms with van der Waals surface area (Å²) in [7, 11) is 1.11. The van der Waals surface area contributed by atoms with E-state index in [-0.39, 0.29) is 0 Å². The van der Waals surface area contributed by atoms with Gasteiger partial charge in [-0.05, 0) is 17.9 Å². The van der Waals surface area contributed by atoms with Gasteiger partial charge in [0.2, 0.25) is 0 Å². The van der Waals surface area contributed by atoms with E-state index in [1.165, 1.54) is 22.6 Å². The Balaban J connectivity index is 2.15. The van der Waals surface area contributed by atoms with Gasteiger partial charge in [-0.3, -0.25) is 0 Å². The maximum absolute atomic E-state index is 5.73. The third-order valence-corrected chi connectivity index (χ3v) is 5.52. The van der Waals surface area contributed by atoms with Gasteiger partial charge in [0, 0.05) is 10.6 Å². The average molecular weight is 284 g/mol. The molecular weight excluding hydrogens is 262 g/mol. The molecule has 0 aromatic heterocycles. The Morgan fingerprint density at radius 3 is 2.15 bits per heavy atom. The van der Waals surface area contributed by atoms with Crippen molar-refractivity contribution in [1.29, 1.82) is 0 Å². The summed E-state index contributed by atoms with van der Waals surface area (Å²) >= 11 is 0. The van der Waals surface area contributed by atoms with Gasteiger partial charge in [0.1, 0.15) is 0 Å². The highest BCUT2D eigenvalue weighted by atomic mass is 31.1. The van der Waals surface area contributed by atoms with Crippen molar-refractivity contribution in [3.63, 3.8) is 0 Å². The highest BCUT2D eigenvalue weighted by Gasteiger charge is 2.12. The minimum atomic E-state index is -0.685. The first-order valence-corrected chi connectivity index (χ1v) is 8.48. The molecule has 20 heavy (non-hydrogen) atoms. The van der Waals surface area contributed by atoms with Gasteiger partial charge in [-0.25, -0.2) is 0 Å². The van der Waals surface area contributed by atoms with E-state index in [1.54, 1.807) is 8.05 Å². The normalized spacial score (nSPS) is 13.9. The summed E-state index contributed by atoms with van der Waals surface area (Å²) in [6, 6.07) is 19.4. The lowest BCUT2D eigenvalue weighted by Crippen LogP contribution is -2.13. The van der Waals surface area contributed by atoms with Crippen LogP contribution in [0.3, 0.4) is 0 Å². The lowest BCUT2D eigenvalue weighted by atomic mass is 9.99. The fourth-order valence-corrected chi connectivity index (χ4v) is 3.82. The van der Waals surface area contributed by atoms with Crippen molar-refractivity contribution in [2.75, 3.05) is 0 Å². The molecule has 3 heteroatoms. The molecule has 0 amide bonds. The second-order valence-electron chi connectivity index (χ2n) is 5.20. The zero-order valence-corrected chi connectivity index (χ0v) is 13.4. The molecule has 104 valence electrons. The molecule has 2 aromatic rings. The molecule has 0 aliphatic heterocycles. The van der Waals surface area contributed by atoms with Crippen molar-refractivity contribution in [3.8, 4) is 0 Å². The van der Waals surface area contributed by atoms with Crippen LogP contribution in [-0.2, 0) is 10.9 Å². The maximum Gasteiger partial charge on any atom is 0.263 e. The van der Waals surface area contributed by atoms with Crippen LogP contribution >= 0.6 is 8.15 Å². The Bertz CT molecular complexity index is 512. The van der Waals surface area contributed by atoms with Crippen LogP contribution in [0.15, 0.2) is 54.6 Å². The summed E-state index contributed by atoms with van der Waals surface area (Å²) in [6.45, 7) is 4.55. The molecule has 2 rings (SSSR count). The average Bonchev–Trinajstić information content (AvgIpc) is 2.50. The summed E-state index contributed by atoms with van der Waals surface area (Å²) in [5.41, 5.74) is 1.42. The fraction of sp³-hybridized carbons (Fsp3) is 0.294. The first-order chi connectivity index (χ1) is 9.74. The summed E-state index contributed by atoms with van der Waals surface area (Å²) in [4.78, 5) is 0. The van der Waals surface area contributed by atoms with Gasteiger partial charge in [0.25, 0.3) is 8.05 Å². The third-order valence-electron chi connectivity index (χ3n) is 3.63. The van der Waals surface area contributed by atoms with Crippen LogP contribution in [0.4, 0.5) is 0 Å². The van der Waals surface area contributed by atoms with Crippen LogP contribution in [0.2, 0.25) is 0 Å². The fourth-order valence-electron chi connectivity index (χ4n) is 2.24. The summed E-state index contributed by atoms with van der Waals surface area (Å²) < 4.78 is 5.73. The summed E-state index contributed by atoms with van der Waals surface area (Å²) in [6.07, 6.45) is 2.39. The van der Waals surface area contributed by atoms with Crippen LogP contribution in [-0.4, -0.2) is 8.05 Å². The standard InChI is InChI=1S/C17H22BOP/c1-3-14(2)13-15-9-11-17(12-10-15)20(19-18)16-7-5-4-6-8-16/h4-12,14H,3,13,18H2,1-2H3/t14?,20-/m1/s1. The van der Waals surface area contributed by atoms with E-state index >= 15 is 0 Å². The molecule has 1 nitrogen and oxygen atoms in total. The van der Waals surface area contributed by atoms with Crippen LogP contribution in [0, 0.1) is 5.92 Å². The zero-order chi connectivity index (χ0) is 14.4. The van der Waals surface area contributed by atoms with Crippen LogP contribution < -0.4 is 10.6 Å². The van der Waals surface area contributed by atoms with E-state index in [9.17, 15) is 0 Å². The van der Waals surface area contributed by atoms with Crippen molar-refractivity contribution in [2.24, 2.45) is 5.92 Å². The molecule has 0 bridgehead atoms. The Labute approximate surface area is 124 Å². The molecule has 0 N–H and O–H groups in total. The Morgan fingerprint density at radius 1 is 1.00 bits per heavy atom. The van der Waals surface area contributed by atoms with Crippen molar-refractivity contribution in [3.05, 3.63) is 60.2 Å². The SMILES string of the molecule is BO[P@](c1ccccc1)c1ccc(CC(C)CC)cc1. The molecule has 0 radical (unpaired) electrons. The van der Waals surface area contributed by atoms with Crippen LogP contribution in [0.1, 0.15) is 25.8 Å². The van der Waals surface area contributed by atoms with Crippen molar-refractivity contribution in [1.82, 2.24) is 0 Å². The van der Waals surface area contributed by atoms with E-state index in [0.717, 1.165) is 12.3 Å². The predicted molar refractivity (Wildman–Crippen MR) is 91.9 cm³/mol. The first kappa shape index (κ1) is 15.3. The van der Waals surface area contributed by atoms with Gasteiger partial charge in [0.05, 0.1) is 8.15 Å². The molecule has 0 saturated heterocycles. The molecule has 0 spiro atoms. The number of benzene rings is 2. The van der Waals surface area contributed by atoms with Crippen molar-refractivity contribution < 1.29 is 4.44 Å². The first-order valence-electron chi connectivity index (χ1n) is 7.22. The summed E-state index contributed by atoms with van der Waals surface area (Å²) in [5.74, 6) is 0.749. The Kier molecular flexibility index (Phi) is 5.82. The third kappa shape index (κ3) is 3.94. The van der Waals surface area contributed by atoms with Gasteiger partial charge in [-0.15, -0.1) is 0 Å². The summed E-state index contributed by atoms with van der Waals surface area (Å²) in [5, 5.41) is 2.54. The largest absolute Gasteiger partial charge is 0.417 e. The maximum atomic E-state index is 5.73. The van der Waals surface area contributed by atoms with E-state index in [4.69, 9.17) is 4.44 Å². The monoisotopic (exact) mass is 284 g/mol. The minimum absolute atomic E-state index is 0.685. The molecule has 0 aliphatic carbocycles. The predicted octanol–water partition coefficient (Wildman–Crippen LogP) is 3.19. The van der Waals surface area contributed by atoms with Crippen LogP contribution in [0.5, 0.6) is 0 Å². The van der Waals surface area contributed by atoms with E-state index in [2.05, 4.69) is 62.4 Å². The highest BCUT2D eigenvalue weighted by Crippen LogP contribution is 2.33. The van der Waals surface area contributed by atoms with Crippen LogP contribution in [0.25, 0.3) is 0 Å². The molecule has 2 aromatic carbocycles. The Hall–Kier alpha value is -1.11. The molecule has 0 heterocycles. The molecule has 0 aliphatic rings. The Morgan fingerprint density at radius 2 is 1.60 bits per heavy atom. The minimum Gasteiger partial charge on any atom is -0.417 e. The molecule has 0 fully saturated rings. The van der Waals surface area contributed by atoms with Gasteiger partial charge >= 0.3 is 0 Å². The number of rotatable bonds is 6. The van der Waals surface area contributed by atoms with Gasteiger partial charge in [-0.2, -0.15) is 0 Å². The van der Waals surface area contributed by atoms with E-state index < -0.39 is 8.15 Å². The number of hydrogen-bond donors (Lipinski definition) is 0. The van der Waals surface area contributed by atoms with E-state index in [0.29, 0.717) is 0 Å². The van der Waals surface area contributed by atoms with Gasteiger partial charge in [0.15, 0.2) is 0 Å². The van der Waals surface area contributed by atoms with E-state index in [1.807, 2.05) is 6.07 Å². The smallest absolute Gasteiger partial charge is 0.263 e.